The van der Waals surface area contributed by atoms with Crippen LogP contribution in [-0.4, -0.2) is 15.0 Å². The van der Waals surface area contributed by atoms with Gasteiger partial charge in [-0.15, -0.1) is 0 Å². The molecule has 0 radical (unpaired) electrons. The van der Waals surface area contributed by atoms with Crippen LogP contribution in [0.25, 0.3) is 100 Å². The lowest BCUT2D eigenvalue weighted by atomic mass is 9.94. The number of furan rings is 2. The maximum absolute atomic E-state index is 6.56. The third kappa shape index (κ3) is 4.75. The molecule has 50 heavy (non-hydrogen) atoms. The molecule has 5 heteroatoms. The number of hydrogen-bond donors (Lipinski definition) is 0. The van der Waals surface area contributed by atoms with Gasteiger partial charge in [-0.1, -0.05) is 121 Å². The molecule has 0 spiro atoms. The normalized spacial score (nSPS) is 11.6. The van der Waals surface area contributed by atoms with Crippen molar-refractivity contribution in [3.63, 3.8) is 0 Å². The number of fused-ring (bicyclic) bond motifs is 6. The molecular formula is C45H27N3O2. The maximum atomic E-state index is 6.56. The Labute approximate surface area is 287 Å². The van der Waals surface area contributed by atoms with Crippen molar-refractivity contribution in [1.82, 2.24) is 15.0 Å². The monoisotopic (exact) mass is 641 g/mol. The van der Waals surface area contributed by atoms with Crippen LogP contribution in [0.1, 0.15) is 0 Å². The van der Waals surface area contributed by atoms with E-state index in [1.165, 1.54) is 0 Å². The second-order valence-corrected chi connectivity index (χ2v) is 12.4. The van der Waals surface area contributed by atoms with Gasteiger partial charge < -0.3 is 8.83 Å². The Morgan fingerprint density at radius 2 is 0.820 bits per heavy atom. The summed E-state index contributed by atoms with van der Waals surface area (Å²) in [4.78, 5) is 14.8. The first-order valence-electron chi connectivity index (χ1n) is 16.6. The molecule has 0 fully saturated rings. The van der Waals surface area contributed by atoms with Crippen LogP contribution in [0.5, 0.6) is 0 Å². The second kappa shape index (κ2) is 11.4. The Kier molecular flexibility index (Phi) is 6.42. The van der Waals surface area contributed by atoms with Gasteiger partial charge in [0.15, 0.2) is 17.5 Å². The van der Waals surface area contributed by atoms with Crippen LogP contribution in [-0.2, 0) is 0 Å². The van der Waals surface area contributed by atoms with Gasteiger partial charge >= 0.3 is 0 Å². The molecule has 10 rings (SSSR count). The molecule has 0 unspecified atom stereocenters. The first-order valence-corrected chi connectivity index (χ1v) is 16.6. The minimum absolute atomic E-state index is 0.618. The van der Waals surface area contributed by atoms with E-state index < -0.39 is 0 Å². The molecule has 0 bridgehead atoms. The number of para-hydroxylation sites is 2. The predicted octanol–water partition coefficient (Wildman–Crippen LogP) is 12.0. The molecular weight excluding hydrogens is 615 g/mol. The molecule has 0 aliphatic heterocycles. The van der Waals surface area contributed by atoms with Gasteiger partial charge in [-0.25, -0.2) is 15.0 Å². The number of aromatic nitrogens is 3. The molecule has 3 aromatic heterocycles. The van der Waals surface area contributed by atoms with Crippen LogP contribution in [0.2, 0.25) is 0 Å². The second-order valence-electron chi connectivity index (χ2n) is 12.4. The molecule has 0 aliphatic carbocycles. The highest BCUT2D eigenvalue weighted by Gasteiger charge is 2.18. The van der Waals surface area contributed by atoms with Crippen LogP contribution in [0.3, 0.4) is 0 Å². The summed E-state index contributed by atoms with van der Waals surface area (Å²) in [7, 11) is 0. The molecule has 0 saturated heterocycles. The van der Waals surface area contributed by atoms with Gasteiger partial charge in [-0.3, -0.25) is 0 Å². The van der Waals surface area contributed by atoms with E-state index in [1.54, 1.807) is 0 Å². The SMILES string of the molecule is c1ccc(-c2nc(-c3ccccc3)nc(-c3cccc(-c4cc(-c5ccc6oc7ccccc7c6c5)c5oc6ccccc6c5c4)c3)n2)cc1. The third-order valence-corrected chi connectivity index (χ3v) is 9.32. The lowest BCUT2D eigenvalue weighted by Gasteiger charge is -2.11. The van der Waals surface area contributed by atoms with E-state index in [0.29, 0.717) is 17.5 Å². The van der Waals surface area contributed by atoms with Crippen molar-refractivity contribution in [3.05, 3.63) is 164 Å². The van der Waals surface area contributed by atoms with Gasteiger partial charge in [0, 0.05) is 43.8 Å². The molecule has 0 amide bonds. The van der Waals surface area contributed by atoms with Gasteiger partial charge in [0.25, 0.3) is 0 Å². The highest BCUT2D eigenvalue weighted by molar-refractivity contribution is 6.13. The smallest absolute Gasteiger partial charge is 0.164 e. The van der Waals surface area contributed by atoms with E-state index in [1.807, 2.05) is 91.0 Å². The average molecular weight is 642 g/mol. The first kappa shape index (κ1) is 28.2. The first-order chi connectivity index (χ1) is 24.7. The summed E-state index contributed by atoms with van der Waals surface area (Å²) in [6.45, 7) is 0. The summed E-state index contributed by atoms with van der Waals surface area (Å²) in [6.07, 6.45) is 0. The zero-order valence-corrected chi connectivity index (χ0v) is 26.7. The van der Waals surface area contributed by atoms with Gasteiger partial charge in [0.2, 0.25) is 0 Å². The summed E-state index contributed by atoms with van der Waals surface area (Å²) in [5.74, 6) is 1.89. The summed E-state index contributed by atoms with van der Waals surface area (Å²) < 4.78 is 12.7. The van der Waals surface area contributed by atoms with E-state index in [2.05, 4.69) is 72.8 Å². The summed E-state index contributed by atoms with van der Waals surface area (Å²) in [5, 5.41) is 4.31. The van der Waals surface area contributed by atoms with E-state index in [0.717, 1.165) is 82.8 Å². The zero-order chi connectivity index (χ0) is 33.0. The van der Waals surface area contributed by atoms with E-state index in [9.17, 15) is 0 Å². The molecule has 0 aliphatic rings. The fraction of sp³-hybridized carbons (Fsp3) is 0. The topological polar surface area (TPSA) is 65.0 Å². The van der Waals surface area contributed by atoms with Gasteiger partial charge in [-0.2, -0.15) is 0 Å². The highest BCUT2D eigenvalue weighted by atomic mass is 16.3. The molecule has 0 atom stereocenters. The fourth-order valence-corrected chi connectivity index (χ4v) is 6.88. The van der Waals surface area contributed by atoms with Crippen molar-refractivity contribution >= 4 is 43.9 Å². The van der Waals surface area contributed by atoms with Crippen LogP contribution >= 0.6 is 0 Å². The lowest BCUT2D eigenvalue weighted by molar-refractivity contribution is 0.668. The Bertz CT molecular complexity index is 2810. The fourth-order valence-electron chi connectivity index (χ4n) is 6.88. The van der Waals surface area contributed by atoms with Gasteiger partial charge in [-0.05, 0) is 59.2 Å². The number of rotatable bonds is 5. The maximum Gasteiger partial charge on any atom is 0.164 e. The van der Waals surface area contributed by atoms with Crippen molar-refractivity contribution in [2.45, 2.75) is 0 Å². The minimum Gasteiger partial charge on any atom is -0.456 e. The van der Waals surface area contributed by atoms with Crippen LogP contribution in [0, 0.1) is 0 Å². The lowest BCUT2D eigenvalue weighted by Crippen LogP contribution is -2.00. The molecule has 5 nitrogen and oxygen atoms in total. The Balaban J connectivity index is 1.16. The van der Waals surface area contributed by atoms with Crippen LogP contribution in [0.4, 0.5) is 0 Å². The largest absolute Gasteiger partial charge is 0.456 e. The Morgan fingerprint density at radius 3 is 1.52 bits per heavy atom. The Morgan fingerprint density at radius 1 is 0.300 bits per heavy atom. The average Bonchev–Trinajstić information content (AvgIpc) is 3.76. The highest BCUT2D eigenvalue weighted by Crippen LogP contribution is 2.41. The van der Waals surface area contributed by atoms with Crippen molar-refractivity contribution in [1.29, 1.82) is 0 Å². The molecule has 3 heterocycles. The number of nitrogens with zero attached hydrogens (tertiary/aromatic N) is 3. The summed E-state index contributed by atoms with van der Waals surface area (Å²) in [6, 6.07) is 55.8. The molecule has 10 aromatic rings. The quantitative estimate of drug-likeness (QED) is 0.187. The van der Waals surface area contributed by atoms with Crippen LogP contribution < -0.4 is 0 Å². The molecule has 0 saturated carbocycles. The minimum atomic E-state index is 0.618. The van der Waals surface area contributed by atoms with E-state index in [-0.39, 0.29) is 0 Å². The van der Waals surface area contributed by atoms with Crippen molar-refractivity contribution in [2.24, 2.45) is 0 Å². The Hall–Kier alpha value is -6.85. The van der Waals surface area contributed by atoms with E-state index >= 15 is 0 Å². The predicted molar refractivity (Wildman–Crippen MR) is 202 cm³/mol. The van der Waals surface area contributed by atoms with Gasteiger partial charge in [0.05, 0.1) is 0 Å². The van der Waals surface area contributed by atoms with Crippen LogP contribution in [0.15, 0.2) is 173 Å². The molecule has 234 valence electrons. The third-order valence-electron chi connectivity index (χ3n) is 9.32. The molecule has 0 N–H and O–H groups in total. The van der Waals surface area contributed by atoms with Gasteiger partial charge in [0.1, 0.15) is 22.3 Å². The van der Waals surface area contributed by atoms with Crippen molar-refractivity contribution in [3.8, 4) is 56.4 Å². The van der Waals surface area contributed by atoms with Crippen molar-refractivity contribution < 1.29 is 8.83 Å². The van der Waals surface area contributed by atoms with Crippen molar-refractivity contribution in [2.75, 3.05) is 0 Å². The summed E-state index contributed by atoms with van der Waals surface area (Å²) in [5.41, 5.74) is 10.4. The zero-order valence-electron chi connectivity index (χ0n) is 26.7. The standard InChI is InChI=1S/C45H27N3O2/c1-3-12-28(13-4-1)43-46-44(29-14-5-2-6-15-29)48-45(47-43)32-17-11-16-30(24-32)33-26-36(42-38(27-33)35-19-8-10-21-40(35)50-42)31-22-23-41-37(25-31)34-18-7-9-20-39(34)49-41/h1-27H. The number of hydrogen-bond acceptors (Lipinski definition) is 5. The summed E-state index contributed by atoms with van der Waals surface area (Å²) >= 11 is 0. The molecule has 7 aromatic carbocycles. The number of benzene rings is 7. The van der Waals surface area contributed by atoms with E-state index in [4.69, 9.17) is 23.8 Å².